The van der Waals surface area contributed by atoms with E-state index in [0.717, 1.165) is 13.1 Å². The van der Waals surface area contributed by atoms with Crippen LogP contribution >= 0.6 is 0 Å². The average Bonchev–Trinajstić information content (AvgIpc) is 3.29. The number of nitrogens with one attached hydrogen (secondary N) is 1. The molecule has 2 fully saturated rings. The maximum absolute atomic E-state index is 13.0. The molecule has 1 aromatic carbocycles. The SMILES string of the molecule is O=C(c1ncc[nH]1)c1ccccc1C(=O)N1CC2CCCCC2C1. The number of hydrogen-bond acceptors (Lipinski definition) is 3. The van der Waals surface area contributed by atoms with E-state index >= 15 is 0 Å². The van der Waals surface area contributed by atoms with Crippen LogP contribution in [0.5, 0.6) is 0 Å². The van der Waals surface area contributed by atoms with Crippen LogP contribution in [-0.2, 0) is 0 Å². The fourth-order valence-corrected chi connectivity index (χ4v) is 4.13. The number of likely N-dealkylation sites (tertiary alicyclic amines) is 1. The molecule has 5 nitrogen and oxygen atoms in total. The third-order valence-electron chi connectivity index (χ3n) is 5.38. The van der Waals surface area contributed by atoms with Gasteiger partial charge in [-0.1, -0.05) is 31.0 Å². The maximum atomic E-state index is 13.0. The van der Waals surface area contributed by atoms with E-state index in [9.17, 15) is 9.59 Å². The second kappa shape index (κ2) is 6.23. The lowest BCUT2D eigenvalue weighted by molar-refractivity contribution is 0.0779. The molecule has 2 aromatic rings. The minimum atomic E-state index is -0.236. The van der Waals surface area contributed by atoms with Gasteiger partial charge in [-0.25, -0.2) is 4.98 Å². The van der Waals surface area contributed by atoms with Gasteiger partial charge in [-0.15, -0.1) is 0 Å². The molecule has 2 aliphatic rings. The van der Waals surface area contributed by atoms with E-state index in [1.807, 2.05) is 11.0 Å². The molecule has 2 atom stereocenters. The standard InChI is InChI=1S/C19H21N3O2/c23-17(18-20-9-10-21-18)15-7-3-4-8-16(15)19(24)22-11-13-5-1-2-6-14(13)12-22/h3-4,7-10,13-14H,1-2,5-6,11-12H2,(H,20,21). The summed E-state index contributed by atoms with van der Waals surface area (Å²) in [6.07, 6.45) is 8.15. The molecule has 1 amide bonds. The molecule has 1 aliphatic heterocycles. The van der Waals surface area contributed by atoms with Gasteiger partial charge in [0.1, 0.15) is 0 Å². The van der Waals surface area contributed by atoms with Gasteiger partial charge in [0.05, 0.1) is 5.56 Å². The Bertz CT molecular complexity index is 740. The molecule has 2 heterocycles. The lowest BCUT2D eigenvalue weighted by Gasteiger charge is -2.22. The second-order valence-corrected chi connectivity index (χ2v) is 6.83. The van der Waals surface area contributed by atoms with Crippen molar-refractivity contribution in [2.24, 2.45) is 11.8 Å². The van der Waals surface area contributed by atoms with Gasteiger partial charge in [-0.3, -0.25) is 9.59 Å². The smallest absolute Gasteiger partial charge is 0.254 e. The lowest BCUT2D eigenvalue weighted by atomic mass is 9.82. The Balaban J connectivity index is 1.60. The second-order valence-electron chi connectivity index (χ2n) is 6.83. The fraction of sp³-hybridized carbons (Fsp3) is 0.421. The fourth-order valence-electron chi connectivity index (χ4n) is 4.13. The number of carbonyl (C=O) groups excluding carboxylic acids is 2. The minimum absolute atomic E-state index is 0.0279. The van der Waals surface area contributed by atoms with Crippen LogP contribution in [0, 0.1) is 11.8 Å². The molecule has 0 bridgehead atoms. The Morgan fingerprint density at radius 1 is 1.04 bits per heavy atom. The van der Waals surface area contributed by atoms with Crippen LogP contribution < -0.4 is 0 Å². The highest BCUT2D eigenvalue weighted by molar-refractivity contribution is 6.13. The number of benzene rings is 1. The van der Waals surface area contributed by atoms with Crippen LogP contribution in [0.3, 0.4) is 0 Å². The van der Waals surface area contributed by atoms with E-state index in [4.69, 9.17) is 0 Å². The summed E-state index contributed by atoms with van der Waals surface area (Å²) >= 11 is 0. The first-order chi connectivity index (χ1) is 11.7. The summed E-state index contributed by atoms with van der Waals surface area (Å²) in [5.41, 5.74) is 0.907. The number of rotatable bonds is 3. The highest BCUT2D eigenvalue weighted by atomic mass is 16.2. The molecule has 1 N–H and O–H groups in total. The molecule has 1 aliphatic carbocycles. The quantitative estimate of drug-likeness (QED) is 0.883. The zero-order valence-corrected chi connectivity index (χ0v) is 13.6. The van der Waals surface area contributed by atoms with Crippen LogP contribution in [0.4, 0.5) is 0 Å². The predicted molar refractivity (Wildman–Crippen MR) is 89.8 cm³/mol. The van der Waals surface area contributed by atoms with E-state index in [1.165, 1.54) is 25.7 Å². The van der Waals surface area contributed by atoms with Gasteiger partial charge in [0, 0.05) is 31.0 Å². The number of amides is 1. The Morgan fingerprint density at radius 3 is 2.33 bits per heavy atom. The summed E-state index contributed by atoms with van der Waals surface area (Å²) in [6.45, 7) is 1.65. The highest BCUT2D eigenvalue weighted by Crippen LogP contribution is 2.36. The Labute approximate surface area is 141 Å². The normalized spacial score (nSPS) is 23.1. The highest BCUT2D eigenvalue weighted by Gasteiger charge is 2.37. The van der Waals surface area contributed by atoms with Crippen molar-refractivity contribution in [2.45, 2.75) is 25.7 Å². The van der Waals surface area contributed by atoms with E-state index < -0.39 is 0 Å². The molecule has 5 heteroatoms. The van der Waals surface area contributed by atoms with Crippen LogP contribution in [0.15, 0.2) is 36.7 Å². The summed E-state index contributed by atoms with van der Waals surface area (Å²) in [5, 5.41) is 0. The first-order valence-corrected chi connectivity index (χ1v) is 8.66. The van der Waals surface area contributed by atoms with Crippen molar-refractivity contribution in [2.75, 3.05) is 13.1 Å². The number of hydrogen-bond donors (Lipinski definition) is 1. The first kappa shape index (κ1) is 15.1. The van der Waals surface area contributed by atoms with Crippen molar-refractivity contribution < 1.29 is 9.59 Å². The molecule has 24 heavy (non-hydrogen) atoms. The van der Waals surface area contributed by atoms with Crippen molar-refractivity contribution in [3.8, 4) is 0 Å². The number of nitrogens with zero attached hydrogens (tertiary/aromatic N) is 2. The van der Waals surface area contributed by atoms with Crippen LogP contribution in [0.1, 0.15) is 52.2 Å². The van der Waals surface area contributed by atoms with Gasteiger partial charge in [0.15, 0.2) is 5.82 Å². The van der Waals surface area contributed by atoms with Gasteiger partial charge in [0.2, 0.25) is 5.78 Å². The van der Waals surface area contributed by atoms with Crippen molar-refractivity contribution in [3.05, 3.63) is 53.6 Å². The van der Waals surface area contributed by atoms with Crippen LogP contribution in [-0.4, -0.2) is 39.6 Å². The largest absolute Gasteiger partial charge is 0.342 e. The summed E-state index contributed by atoms with van der Waals surface area (Å²) in [5.74, 6) is 1.28. The van der Waals surface area contributed by atoms with E-state index in [-0.39, 0.29) is 17.5 Å². The third-order valence-corrected chi connectivity index (χ3v) is 5.38. The van der Waals surface area contributed by atoms with Gasteiger partial charge < -0.3 is 9.88 Å². The Morgan fingerprint density at radius 2 is 1.71 bits per heavy atom. The number of aromatic amines is 1. The molecular weight excluding hydrogens is 302 g/mol. The van der Waals surface area contributed by atoms with E-state index in [1.54, 1.807) is 30.6 Å². The zero-order chi connectivity index (χ0) is 16.5. The van der Waals surface area contributed by atoms with Crippen molar-refractivity contribution >= 4 is 11.7 Å². The van der Waals surface area contributed by atoms with Crippen LogP contribution in [0.25, 0.3) is 0 Å². The van der Waals surface area contributed by atoms with Gasteiger partial charge in [0.25, 0.3) is 5.91 Å². The van der Waals surface area contributed by atoms with Crippen molar-refractivity contribution in [1.82, 2.24) is 14.9 Å². The molecular formula is C19H21N3O2. The number of fused-ring (bicyclic) bond motifs is 1. The molecule has 0 spiro atoms. The first-order valence-electron chi connectivity index (χ1n) is 8.66. The van der Waals surface area contributed by atoms with Gasteiger partial charge >= 0.3 is 0 Å². The van der Waals surface area contributed by atoms with Crippen molar-refractivity contribution in [3.63, 3.8) is 0 Å². The predicted octanol–water partition coefficient (Wildman–Crippen LogP) is 2.90. The monoisotopic (exact) mass is 323 g/mol. The maximum Gasteiger partial charge on any atom is 0.254 e. The number of aromatic nitrogens is 2. The Kier molecular flexibility index (Phi) is 3.92. The van der Waals surface area contributed by atoms with E-state index in [0.29, 0.717) is 23.0 Å². The summed E-state index contributed by atoms with van der Waals surface area (Å²) in [7, 11) is 0. The molecule has 1 saturated heterocycles. The minimum Gasteiger partial charge on any atom is -0.342 e. The van der Waals surface area contributed by atoms with Crippen LogP contribution in [0.2, 0.25) is 0 Å². The molecule has 1 aromatic heterocycles. The molecule has 124 valence electrons. The molecule has 2 unspecified atom stereocenters. The zero-order valence-electron chi connectivity index (χ0n) is 13.6. The number of carbonyl (C=O) groups is 2. The lowest BCUT2D eigenvalue weighted by Crippen LogP contribution is -2.30. The van der Waals surface area contributed by atoms with E-state index in [2.05, 4.69) is 9.97 Å². The molecule has 4 rings (SSSR count). The summed E-state index contributed by atoms with van der Waals surface area (Å²) < 4.78 is 0. The van der Waals surface area contributed by atoms with Crippen molar-refractivity contribution in [1.29, 1.82) is 0 Å². The van der Waals surface area contributed by atoms with Gasteiger partial charge in [-0.2, -0.15) is 0 Å². The average molecular weight is 323 g/mol. The number of ketones is 1. The summed E-state index contributed by atoms with van der Waals surface area (Å²) in [4.78, 5) is 34.4. The molecule has 0 radical (unpaired) electrons. The van der Waals surface area contributed by atoms with Gasteiger partial charge in [-0.05, 0) is 30.7 Å². The third kappa shape index (κ3) is 2.64. The molecule has 1 saturated carbocycles. The summed E-state index contributed by atoms with van der Waals surface area (Å²) in [6, 6.07) is 7.06. The number of H-pyrrole nitrogens is 1. The number of imidazole rings is 1. The topological polar surface area (TPSA) is 66.1 Å². The Hall–Kier alpha value is -2.43.